The Morgan fingerprint density at radius 1 is 1.03 bits per heavy atom. The van der Waals surface area contributed by atoms with Crippen molar-refractivity contribution in [2.45, 2.75) is 40.7 Å². The van der Waals surface area contributed by atoms with Crippen molar-refractivity contribution in [3.8, 4) is 5.75 Å². The lowest BCUT2D eigenvalue weighted by molar-refractivity contribution is -0.120. The molecule has 158 valence electrons. The number of nitrogens with zero attached hydrogens (tertiary/aromatic N) is 1. The largest absolute Gasteiger partial charge is 0.491 e. The van der Waals surface area contributed by atoms with Crippen LogP contribution in [0.4, 0.5) is 5.69 Å². The van der Waals surface area contributed by atoms with Crippen LogP contribution in [0.25, 0.3) is 0 Å². The van der Waals surface area contributed by atoms with Gasteiger partial charge >= 0.3 is 0 Å². The highest BCUT2D eigenvalue weighted by Crippen LogP contribution is 2.28. The van der Waals surface area contributed by atoms with E-state index in [1.54, 1.807) is 0 Å². The van der Waals surface area contributed by atoms with Crippen LogP contribution in [0.2, 0.25) is 0 Å². The van der Waals surface area contributed by atoms with Crippen molar-refractivity contribution in [3.63, 3.8) is 0 Å². The molecule has 0 radical (unpaired) electrons. The van der Waals surface area contributed by atoms with E-state index in [9.17, 15) is 13.2 Å². The van der Waals surface area contributed by atoms with Gasteiger partial charge in [-0.3, -0.25) is 9.10 Å². The summed E-state index contributed by atoms with van der Waals surface area (Å²) in [5, 5.41) is 2.81. The van der Waals surface area contributed by atoms with Crippen molar-refractivity contribution in [2.75, 3.05) is 23.7 Å². The molecule has 0 saturated carbocycles. The monoisotopic (exact) mass is 418 g/mol. The van der Waals surface area contributed by atoms with Gasteiger partial charge in [-0.15, -0.1) is 0 Å². The molecule has 0 heterocycles. The van der Waals surface area contributed by atoms with Gasteiger partial charge in [-0.1, -0.05) is 35.4 Å². The lowest BCUT2D eigenvalue weighted by Gasteiger charge is -2.26. The molecule has 0 bridgehead atoms. The van der Waals surface area contributed by atoms with Crippen LogP contribution in [0, 0.1) is 27.7 Å². The zero-order valence-corrected chi connectivity index (χ0v) is 18.8. The number of carbonyl (C=O) groups is 1. The molecule has 1 N–H and O–H groups in total. The quantitative estimate of drug-likeness (QED) is 0.714. The van der Waals surface area contributed by atoms with E-state index in [-0.39, 0.29) is 25.1 Å². The third-order valence-electron chi connectivity index (χ3n) is 4.50. The SMILES string of the molecule is Cc1ccc(OC[C@H](C)NC(=O)CN(c2c(C)cc(C)cc2C)S(C)(=O)=O)cc1. The lowest BCUT2D eigenvalue weighted by atomic mass is 10.1. The third-order valence-corrected chi connectivity index (χ3v) is 5.61. The van der Waals surface area contributed by atoms with Gasteiger partial charge in [-0.2, -0.15) is 0 Å². The molecule has 0 unspecified atom stereocenters. The van der Waals surface area contributed by atoms with Crippen molar-refractivity contribution in [2.24, 2.45) is 0 Å². The first-order valence-electron chi connectivity index (χ1n) is 9.51. The average molecular weight is 419 g/mol. The highest BCUT2D eigenvalue weighted by molar-refractivity contribution is 7.92. The number of hydrogen-bond donors (Lipinski definition) is 1. The number of anilines is 1. The molecule has 2 rings (SSSR count). The van der Waals surface area contributed by atoms with Gasteiger partial charge in [-0.25, -0.2) is 8.42 Å². The summed E-state index contributed by atoms with van der Waals surface area (Å²) in [4.78, 5) is 12.6. The van der Waals surface area contributed by atoms with Gasteiger partial charge in [0, 0.05) is 0 Å². The van der Waals surface area contributed by atoms with E-state index in [0.717, 1.165) is 34.3 Å². The summed E-state index contributed by atoms with van der Waals surface area (Å²) in [5.41, 5.74) is 4.37. The Labute approximate surface area is 173 Å². The van der Waals surface area contributed by atoms with E-state index in [2.05, 4.69) is 5.32 Å². The van der Waals surface area contributed by atoms with Crippen molar-refractivity contribution < 1.29 is 17.9 Å². The van der Waals surface area contributed by atoms with E-state index in [0.29, 0.717) is 5.69 Å². The molecule has 0 spiro atoms. The normalized spacial score (nSPS) is 12.3. The van der Waals surface area contributed by atoms with E-state index < -0.39 is 10.0 Å². The van der Waals surface area contributed by atoms with Gasteiger partial charge in [0.25, 0.3) is 0 Å². The molecule has 29 heavy (non-hydrogen) atoms. The second-order valence-electron chi connectivity index (χ2n) is 7.61. The Morgan fingerprint density at radius 3 is 2.10 bits per heavy atom. The Balaban J connectivity index is 2.06. The first-order valence-corrected chi connectivity index (χ1v) is 11.4. The van der Waals surface area contributed by atoms with Crippen LogP contribution in [-0.2, 0) is 14.8 Å². The molecule has 0 fully saturated rings. The Morgan fingerprint density at radius 2 is 1.59 bits per heavy atom. The van der Waals surface area contributed by atoms with Crippen LogP contribution in [0.15, 0.2) is 36.4 Å². The molecule has 2 aromatic carbocycles. The maximum absolute atomic E-state index is 12.6. The first kappa shape index (κ1) is 22.7. The van der Waals surface area contributed by atoms with Crippen LogP contribution in [0.3, 0.4) is 0 Å². The summed E-state index contributed by atoms with van der Waals surface area (Å²) < 4.78 is 31.7. The van der Waals surface area contributed by atoms with Crippen LogP contribution < -0.4 is 14.4 Å². The van der Waals surface area contributed by atoms with E-state index in [4.69, 9.17) is 4.74 Å². The summed E-state index contributed by atoms with van der Waals surface area (Å²) in [5.74, 6) is 0.343. The molecule has 0 aliphatic rings. The van der Waals surface area contributed by atoms with Gasteiger partial charge in [0.15, 0.2) is 0 Å². The molecule has 0 aliphatic heterocycles. The van der Waals surface area contributed by atoms with Gasteiger partial charge in [0.1, 0.15) is 18.9 Å². The summed E-state index contributed by atoms with van der Waals surface area (Å²) >= 11 is 0. The van der Waals surface area contributed by atoms with Crippen molar-refractivity contribution in [3.05, 3.63) is 58.7 Å². The summed E-state index contributed by atoms with van der Waals surface area (Å²) in [6.07, 6.45) is 1.11. The maximum atomic E-state index is 12.6. The molecular formula is C22H30N2O4S. The van der Waals surface area contributed by atoms with Crippen molar-refractivity contribution in [1.29, 1.82) is 0 Å². The zero-order valence-electron chi connectivity index (χ0n) is 17.9. The number of aryl methyl sites for hydroxylation is 4. The van der Waals surface area contributed by atoms with Crippen LogP contribution >= 0.6 is 0 Å². The van der Waals surface area contributed by atoms with Crippen LogP contribution in [0.5, 0.6) is 5.75 Å². The van der Waals surface area contributed by atoms with Crippen LogP contribution in [-0.4, -0.2) is 39.8 Å². The standard InChI is InChI=1S/C22H30N2O4S/c1-15-7-9-20(10-8-15)28-14-19(5)23-21(25)13-24(29(6,26)27)22-17(3)11-16(2)12-18(22)4/h7-12,19H,13-14H2,1-6H3,(H,23,25)/t19-/m0/s1. The molecular weight excluding hydrogens is 388 g/mol. The maximum Gasteiger partial charge on any atom is 0.241 e. The number of amides is 1. The fourth-order valence-corrected chi connectivity index (χ4v) is 4.25. The van der Waals surface area contributed by atoms with Gasteiger partial charge in [0.2, 0.25) is 15.9 Å². The Bertz CT molecular complexity index is 946. The molecule has 7 heteroatoms. The second kappa shape index (κ2) is 9.31. The smallest absolute Gasteiger partial charge is 0.241 e. The number of carbonyl (C=O) groups excluding carboxylic acids is 1. The molecule has 2 aromatic rings. The van der Waals surface area contributed by atoms with Crippen molar-refractivity contribution >= 4 is 21.6 Å². The third kappa shape index (κ3) is 6.49. The van der Waals surface area contributed by atoms with E-state index in [1.807, 2.05) is 71.0 Å². The predicted octanol–water partition coefficient (Wildman–Crippen LogP) is 3.27. The number of hydrogen-bond acceptors (Lipinski definition) is 4. The predicted molar refractivity (Wildman–Crippen MR) is 117 cm³/mol. The minimum Gasteiger partial charge on any atom is -0.491 e. The second-order valence-corrected chi connectivity index (χ2v) is 9.52. The molecule has 0 aliphatic carbocycles. The van der Waals surface area contributed by atoms with Crippen LogP contribution in [0.1, 0.15) is 29.2 Å². The highest BCUT2D eigenvalue weighted by atomic mass is 32.2. The van der Waals surface area contributed by atoms with Gasteiger partial charge < -0.3 is 10.1 Å². The zero-order chi connectivity index (χ0) is 21.8. The summed E-state index contributed by atoms with van der Waals surface area (Å²) in [6.45, 7) is 9.48. The van der Waals surface area contributed by atoms with Gasteiger partial charge in [0.05, 0.1) is 18.0 Å². The molecule has 6 nitrogen and oxygen atoms in total. The number of rotatable bonds is 8. The minimum atomic E-state index is -3.62. The number of nitrogens with one attached hydrogen (secondary N) is 1. The number of ether oxygens (including phenoxy) is 1. The molecule has 1 amide bonds. The fourth-order valence-electron chi connectivity index (χ4n) is 3.28. The Hall–Kier alpha value is -2.54. The van der Waals surface area contributed by atoms with E-state index >= 15 is 0 Å². The molecule has 0 aromatic heterocycles. The average Bonchev–Trinajstić information content (AvgIpc) is 2.58. The minimum absolute atomic E-state index is 0.273. The topological polar surface area (TPSA) is 75.7 Å². The van der Waals surface area contributed by atoms with Gasteiger partial charge in [-0.05, 0) is 57.9 Å². The fraction of sp³-hybridized carbons (Fsp3) is 0.409. The summed E-state index contributed by atoms with van der Waals surface area (Å²) in [6, 6.07) is 11.2. The summed E-state index contributed by atoms with van der Waals surface area (Å²) in [7, 11) is -3.62. The Kier molecular flexibility index (Phi) is 7.30. The molecule has 1 atom stereocenters. The highest BCUT2D eigenvalue weighted by Gasteiger charge is 2.24. The first-order chi connectivity index (χ1) is 13.5. The number of benzene rings is 2. The van der Waals surface area contributed by atoms with Crippen molar-refractivity contribution in [1.82, 2.24) is 5.32 Å². The molecule has 0 saturated heterocycles. The van der Waals surface area contributed by atoms with E-state index in [1.165, 1.54) is 4.31 Å². The lowest BCUT2D eigenvalue weighted by Crippen LogP contribution is -2.45. The number of sulfonamides is 1.